The zero-order valence-corrected chi connectivity index (χ0v) is 14.2. The van der Waals surface area contributed by atoms with Gasteiger partial charge in [0.25, 0.3) is 0 Å². The third-order valence-electron chi connectivity index (χ3n) is 4.47. The first-order valence-electron chi connectivity index (χ1n) is 8.44. The van der Waals surface area contributed by atoms with Gasteiger partial charge in [0.05, 0.1) is 23.0 Å². The van der Waals surface area contributed by atoms with Crippen LogP contribution in [-0.2, 0) is 11.2 Å². The van der Waals surface area contributed by atoms with Crippen LogP contribution in [0.1, 0.15) is 40.7 Å². The smallest absolute Gasteiger partial charge is 0.340 e. The quantitative estimate of drug-likeness (QED) is 0.659. The van der Waals surface area contributed by atoms with Crippen molar-refractivity contribution >= 4 is 28.5 Å². The van der Waals surface area contributed by atoms with Gasteiger partial charge in [0, 0.05) is 5.39 Å². The summed E-state index contributed by atoms with van der Waals surface area (Å²) >= 11 is 0. The maximum atomic E-state index is 12.8. The van der Waals surface area contributed by atoms with Crippen molar-refractivity contribution in [2.24, 2.45) is 0 Å². The van der Waals surface area contributed by atoms with Gasteiger partial charge in [-0.05, 0) is 55.2 Å². The van der Waals surface area contributed by atoms with E-state index < -0.39 is 12.1 Å². The number of esters is 1. The maximum absolute atomic E-state index is 12.8. The molecule has 0 spiro atoms. The van der Waals surface area contributed by atoms with Gasteiger partial charge in [-0.15, -0.1) is 0 Å². The van der Waals surface area contributed by atoms with Gasteiger partial charge in [-0.3, -0.25) is 0 Å². The number of hydrogen-bond donors (Lipinski definition) is 0. The Balaban J connectivity index is 1.89. The summed E-state index contributed by atoms with van der Waals surface area (Å²) in [5, 5.41) is 9.71. The molecule has 2 heterocycles. The van der Waals surface area contributed by atoms with E-state index in [2.05, 4.69) is 0 Å². The maximum Gasteiger partial charge on any atom is 0.340 e. The number of carbonyl (C=O) groups excluding carboxylic acids is 1. The van der Waals surface area contributed by atoms with Crippen LogP contribution in [0.3, 0.4) is 0 Å². The van der Waals surface area contributed by atoms with E-state index in [1.165, 1.54) is 0 Å². The molecule has 1 aliphatic carbocycles. The zero-order chi connectivity index (χ0) is 18.1. The van der Waals surface area contributed by atoms with Crippen molar-refractivity contribution in [3.05, 3.63) is 65.2 Å². The van der Waals surface area contributed by atoms with Gasteiger partial charge < -0.3 is 9.15 Å². The van der Waals surface area contributed by atoms with Gasteiger partial charge in [-0.1, -0.05) is 18.2 Å². The fourth-order valence-corrected chi connectivity index (χ4v) is 3.30. The molecule has 0 saturated heterocycles. The molecule has 5 nitrogen and oxygen atoms in total. The molecule has 2 aromatic heterocycles. The number of ether oxygens (including phenoxy) is 1. The second-order valence-corrected chi connectivity index (χ2v) is 6.19. The number of aromatic nitrogens is 1. The molecule has 1 unspecified atom stereocenters. The molecule has 0 fully saturated rings. The van der Waals surface area contributed by atoms with Crippen LogP contribution in [0.5, 0.6) is 0 Å². The first-order valence-corrected chi connectivity index (χ1v) is 8.44. The van der Waals surface area contributed by atoms with E-state index in [4.69, 9.17) is 19.4 Å². The summed E-state index contributed by atoms with van der Waals surface area (Å²) in [4.78, 5) is 17.5. The minimum absolute atomic E-state index is 0.479. The summed E-state index contributed by atoms with van der Waals surface area (Å²) in [6.07, 6.45) is 4.26. The predicted molar refractivity (Wildman–Crippen MR) is 97.1 cm³/mol. The number of para-hydroxylation sites is 1. The highest BCUT2D eigenvalue weighted by atomic mass is 16.5. The molecule has 5 heteroatoms. The van der Waals surface area contributed by atoms with Gasteiger partial charge in [-0.2, -0.15) is 5.26 Å². The van der Waals surface area contributed by atoms with Crippen molar-refractivity contribution in [1.29, 1.82) is 5.26 Å². The molecular formula is C21H16N2O3. The van der Waals surface area contributed by atoms with Crippen molar-refractivity contribution in [3.8, 4) is 6.07 Å². The van der Waals surface area contributed by atoms with Gasteiger partial charge in [0.2, 0.25) is 0 Å². The van der Waals surface area contributed by atoms with E-state index in [1.54, 1.807) is 13.2 Å². The molecule has 0 N–H and O–H groups in total. The summed E-state index contributed by atoms with van der Waals surface area (Å²) in [5.41, 5.74) is 3.95. The fraction of sp³-hybridized carbons (Fsp3) is 0.190. The Labute approximate surface area is 150 Å². The number of rotatable bonds is 3. The van der Waals surface area contributed by atoms with Crippen LogP contribution in [0.15, 0.2) is 47.1 Å². The normalized spacial score (nSPS) is 15.6. The van der Waals surface area contributed by atoms with Crippen LogP contribution in [-0.4, -0.2) is 17.1 Å². The summed E-state index contributed by atoms with van der Waals surface area (Å²) in [7, 11) is 0. The van der Waals surface area contributed by atoms with Crippen molar-refractivity contribution in [2.75, 3.05) is 0 Å². The lowest BCUT2D eigenvalue weighted by Gasteiger charge is -2.13. The van der Waals surface area contributed by atoms with Crippen LogP contribution >= 0.6 is 0 Å². The lowest BCUT2D eigenvalue weighted by Crippen LogP contribution is -2.16. The third-order valence-corrected chi connectivity index (χ3v) is 4.47. The number of pyridine rings is 1. The molecule has 3 aromatic rings. The first-order chi connectivity index (χ1) is 12.7. The number of nitrogens with zero attached hydrogens (tertiary/aromatic N) is 2. The summed E-state index contributed by atoms with van der Waals surface area (Å²) < 4.78 is 10.7. The Morgan fingerprint density at radius 1 is 1.31 bits per heavy atom. The number of benzene rings is 1. The number of fused-ring (bicyclic) bond motifs is 2. The SMILES string of the molecule is CC(C#N)OC(=O)c1c2c(nc3ccccc13)/C(=C/c1ccco1)CC2. The molecule has 1 aromatic carbocycles. The molecule has 4 rings (SSSR count). The molecular weight excluding hydrogens is 328 g/mol. The van der Waals surface area contributed by atoms with Crippen LogP contribution in [0.25, 0.3) is 22.6 Å². The van der Waals surface area contributed by atoms with Crippen LogP contribution in [0.4, 0.5) is 0 Å². The molecule has 128 valence electrons. The number of allylic oxidation sites excluding steroid dienone is 1. The molecule has 1 aliphatic rings. The standard InChI is InChI=1S/C21H16N2O3/c1-13(12-22)26-21(24)19-16-6-2-3-7-18(16)23-20-14(8-9-17(19)20)11-15-5-4-10-25-15/h2-7,10-11,13H,8-9H2,1H3/b14-11+. The minimum Gasteiger partial charge on any atom is -0.465 e. The van der Waals surface area contributed by atoms with Crippen molar-refractivity contribution in [1.82, 2.24) is 4.98 Å². The predicted octanol–water partition coefficient (Wildman–Crippen LogP) is 4.38. The highest BCUT2D eigenvalue weighted by Gasteiger charge is 2.28. The summed E-state index contributed by atoms with van der Waals surface area (Å²) in [6, 6.07) is 13.2. The van der Waals surface area contributed by atoms with Gasteiger partial charge in [0.15, 0.2) is 6.10 Å². The number of carbonyl (C=O) groups is 1. The van der Waals surface area contributed by atoms with Crippen LogP contribution in [0, 0.1) is 11.3 Å². The number of furan rings is 1. The fourth-order valence-electron chi connectivity index (χ4n) is 3.30. The van der Waals surface area contributed by atoms with Crippen LogP contribution < -0.4 is 0 Å². The second-order valence-electron chi connectivity index (χ2n) is 6.19. The van der Waals surface area contributed by atoms with E-state index >= 15 is 0 Å². The van der Waals surface area contributed by atoms with Gasteiger partial charge >= 0.3 is 5.97 Å². The number of hydrogen-bond acceptors (Lipinski definition) is 5. The second kappa shape index (κ2) is 6.49. The van der Waals surface area contributed by atoms with E-state index in [0.29, 0.717) is 12.0 Å². The number of nitriles is 1. The Hall–Kier alpha value is -3.39. The lowest BCUT2D eigenvalue weighted by molar-refractivity contribution is 0.0436. The van der Waals surface area contributed by atoms with Crippen molar-refractivity contribution in [2.45, 2.75) is 25.9 Å². The third kappa shape index (κ3) is 2.76. The monoisotopic (exact) mass is 344 g/mol. The van der Waals surface area contributed by atoms with E-state index in [1.807, 2.05) is 48.5 Å². The van der Waals surface area contributed by atoms with E-state index in [-0.39, 0.29) is 0 Å². The Morgan fingerprint density at radius 3 is 2.92 bits per heavy atom. The van der Waals surface area contributed by atoms with E-state index in [0.717, 1.165) is 39.9 Å². The van der Waals surface area contributed by atoms with E-state index in [9.17, 15) is 4.79 Å². The molecule has 0 radical (unpaired) electrons. The average Bonchev–Trinajstić information content (AvgIpc) is 3.30. The van der Waals surface area contributed by atoms with Crippen LogP contribution in [0.2, 0.25) is 0 Å². The van der Waals surface area contributed by atoms with Gasteiger partial charge in [-0.25, -0.2) is 9.78 Å². The Kier molecular flexibility index (Phi) is 4.02. The molecule has 26 heavy (non-hydrogen) atoms. The molecule has 0 bridgehead atoms. The Bertz CT molecular complexity index is 1060. The summed E-state index contributed by atoms with van der Waals surface area (Å²) in [5.74, 6) is 0.276. The molecule has 0 saturated carbocycles. The van der Waals surface area contributed by atoms with Gasteiger partial charge in [0.1, 0.15) is 11.8 Å². The first kappa shape index (κ1) is 16.1. The molecule has 0 amide bonds. The lowest BCUT2D eigenvalue weighted by atomic mass is 10.0. The largest absolute Gasteiger partial charge is 0.465 e. The van der Waals surface area contributed by atoms with Crippen molar-refractivity contribution < 1.29 is 13.9 Å². The molecule has 0 aliphatic heterocycles. The molecule has 1 atom stereocenters. The highest BCUT2D eigenvalue weighted by Crippen LogP contribution is 2.37. The topological polar surface area (TPSA) is 76.1 Å². The average molecular weight is 344 g/mol. The zero-order valence-electron chi connectivity index (χ0n) is 14.2. The Morgan fingerprint density at radius 2 is 2.15 bits per heavy atom. The minimum atomic E-state index is -0.801. The summed E-state index contributed by atoms with van der Waals surface area (Å²) in [6.45, 7) is 1.56. The van der Waals surface area contributed by atoms with Crippen molar-refractivity contribution in [3.63, 3.8) is 0 Å². The highest BCUT2D eigenvalue weighted by molar-refractivity contribution is 6.07.